The first-order valence-corrected chi connectivity index (χ1v) is 7.53. The predicted molar refractivity (Wildman–Crippen MR) is 75.4 cm³/mol. The molecule has 0 N–H and O–H groups in total. The van der Waals surface area contributed by atoms with E-state index in [9.17, 15) is 9.59 Å². The molecule has 0 aromatic carbocycles. The number of hydrogen-bond acceptors (Lipinski definition) is 4. The Morgan fingerprint density at radius 1 is 0.947 bits per heavy atom. The predicted octanol–water partition coefficient (Wildman–Crippen LogP) is 3.63. The van der Waals surface area contributed by atoms with Gasteiger partial charge in [-0.2, -0.15) is 0 Å². The molecule has 0 aliphatic heterocycles. The summed E-state index contributed by atoms with van der Waals surface area (Å²) in [5, 5.41) is 0. The molecule has 6 heteroatoms. The number of esters is 2. The van der Waals surface area contributed by atoms with Gasteiger partial charge in [0.15, 0.2) is 0 Å². The summed E-state index contributed by atoms with van der Waals surface area (Å²) in [6.07, 6.45) is 5.11. The molecule has 112 valence electrons. The summed E-state index contributed by atoms with van der Waals surface area (Å²) in [5.74, 6) is -0.668. The Balaban J connectivity index is 3.39. The molecule has 0 amide bonds. The van der Waals surface area contributed by atoms with Gasteiger partial charge in [-0.25, -0.2) is 0 Å². The van der Waals surface area contributed by atoms with Crippen molar-refractivity contribution in [2.45, 2.75) is 56.7 Å². The molecule has 0 spiro atoms. The van der Waals surface area contributed by atoms with Crippen molar-refractivity contribution in [2.24, 2.45) is 0 Å². The van der Waals surface area contributed by atoms with Gasteiger partial charge >= 0.3 is 11.9 Å². The van der Waals surface area contributed by atoms with Crippen LogP contribution in [0.15, 0.2) is 0 Å². The van der Waals surface area contributed by atoms with E-state index in [1.807, 2.05) is 0 Å². The molecule has 0 aliphatic rings. The molecule has 0 bridgehead atoms. The van der Waals surface area contributed by atoms with Crippen LogP contribution in [0.2, 0.25) is 0 Å². The van der Waals surface area contributed by atoms with Gasteiger partial charge in [-0.1, -0.05) is 26.2 Å². The van der Waals surface area contributed by atoms with Crippen LogP contribution in [0.1, 0.15) is 51.9 Å². The molecule has 0 saturated carbocycles. The van der Waals surface area contributed by atoms with Crippen molar-refractivity contribution >= 4 is 35.1 Å². The van der Waals surface area contributed by atoms with Crippen LogP contribution >= 0.6 is 23.2 Å². The third kappa shape index (κ3) is 13.7. The van der Waals surface area contributed by atoms with E-state index in [4.69, 9.17) is 32.7 Å². The molecular formula is C13H22Cl2O4. The Labute approximate surface area is 124 Å². The van der Waals surface area contributed by atoms with Crippen molar-refractivity contribution < 1.29 is 19.1 Å². The van der Waals surface area contributed by atoms with Gasteiger partial charge in [-0.3, -0.25) is 9.59 Å². The van der Waals surface area contributed by atoms with Crippen LogP contribution in [0.5, 0.6) is 0 Å². The summed E-state index contributed by atoms with van der Waals surface area (Å²) in [5.41, 5.74) is 0. The van der Waals surface area contributed by atoms with E-state index in [1.54, 1.807) is 0 Å². The standard InChI is InChI=1S/C13H22Cl2O4/c1-2-3-4-5-9-18-12(16)7-6-8-13(17)19-10-11(14)15/h11H,2-10H2,1H3. The van der Waals surface area contributed by atoms with Crippen molar-refractivity contribution in [1.29, 1.82) is 0 Å². The highest BCUT2D eigenvalue weighted by molar-refractivity contribution is 6.44. The molecule has 4 nitrogen and oxygen atoms in total. The highest BCUT2D eigenvalue weighted by Crippen LogP contribution is 2.05. The molecule has 0 radical (unpaired) electrons. The van der Waals surface area contributed by atoms with Crippen LogP contribution in [-0.4, -0.2) is 30.0 Å². The molecule has 0 aromatic heterocycles. The summed E-state index contributed by atoms with van der Waals surface area (Å²) in [6.45, 7) is 2.56. The number of alkyl halides is 2. The largest absolute Gasteiger partial charge is 0.466 e. The van der Waals surface area contributed by atoms with Gasteiger partial charge in [0.05, 0.1) is 6.61 Å². The van der Waals surface area contributed by atoms with E-state index >= 15 is 0 Å². The third-order valence-corrected chi connectivity index (χ3v) is 2.65. The van der Waals surface area contributed by atoms with Crippen molar-refractivity contribution in [2.75, 3.05) is 13.2 Å². The summed E-state index contributed by atoms with van der Waals surface area (Å²) < 4.78 is 9.79. The fraction of sp³-hybridized carbons (Fsp3) is 0.846. The van der Waals surface area contributed by atoms with Crippen molar-refractivity contribution in [3.05, 3.63) is 0 Å². The minimum absolute atomic E-state index is 0.0240. The Morgan fingerprint density at radius 3 is 2.16 bits per heavy atom. The zero-order chi connectivity index (χ0) is 14.5. The maximum absolute atomic E-state index is 11.3. The lowest BCUT2D eigenvalue weighted by Gasteiger charge is -2.06. The molecule has 0 heterocycles. The van der Waals surface area contributed by atoms with E-state index in [0.29, 0.717) is 13.0 Å². The van der Waals surface area contributed by atoms with E-state index in [1.165, 1.54) is 0 Å². The van der Waals surface area contributed by atoms with Crippen LogP contribution < -0.4 is 0 Å². The second kappa shape index (κ2) is 12.5. The zero-order valence-electron chi connectivity index (χ0n) is 11.3. The molecular weight excluding hydrogens is 291 g/mol. The summed E-state index contributed by atoms with van der Waals surface area (Å²) in [4.78, 5) is 21.8. The average molecular weight is 313 g/mol. The first-order chi connectivity index (χ1) is 9.06. The van der Waals surface area contributed by atoms with E-state index < -0.39 is 10.8 Å². The second-order valence-corrected chi connectivity index (χ2v) is 5.49. The number of unbranched alkanes of at least 4 members (excludes halogenated alkanes) is 3. The third-order valence-electron chi connectivity index (χ3n) is 2.39. The number of ether oxygens (including phenoxy) is 2. The number of carbonyl (C=O) groups excluding carboxylic acids is 2. The topological polar surface area (TPSA) is 52.6 Å². The van der Waals surface area contributed by atoms with Gasteiger partial charge in [0.2, 0.25) is 0 Å². The zero-order valence-corrected chi connectivity index (χ0v) is 12.8. The van der Waals surface area contributed by atoms with E-state index in [0.717, 1.165) is 25.7 Å². The second-order valence-electron chi connectivity index (χ2n) is 4.21. The van der Waals surface area contributed by atoms with E-state index in [-0.39, 0.29) is 25.4 Å². The smallest absolute Gasteiger partial charge is 0.305 e. The Kier molecular flexibility index (Phi) is 12.2. The maximum atomic E-state index is 11.3. The van der Waals surface area contributed by atoms with Crippen molar-refractivity contribution in [3.63, 3.8) is 0 Å². The molecule has 0 unspecified atom stereocenters. The molecule has 19 heavy (non-hydrogen) atoms. The Morgan fingerprint density at radius 2 is 1.58 bits per heavy atom. The molecule has 0 fully saturated rings. The minimum Gasteiger partial charge on any atom is -0.466 e. The normalized spacial score (nSPS) is 10.5. The lowest BCUT2D eigenvalue weighted by atomic mass is 10.2. The average Bonchev–Trinajstić information content (AvgIpc) is 2.36. The van der Waals surface area contributed by atoms with Crippen molar-refractivity contribution in [1.82, 2.24) is 0 Å². The van der Waals surface area contributed by atoms with Gasteiger partial charge in [-0.05, 0) is 12.8 Å². The molecule has 0 aliphatic carbocycles. The number of halogens is 2. The van der Waals surface area contributed by atoms with Gasteiger partial charge in [0.1, 0.15) is 11.4 Å². The minimum atomic E-state index is -0.711. The molecule has 0 aromatic rings. The monoisotopic (exact) mass is 312 g/mol. The van der Waals surface area contributed by atoms with Gasteiger partial charge < -0.3 is 9.47 Å². The summed E-state index contributed by atoms with van der Waals surface area (Å²) in [6, 6.07) is 0. The lowest BCUT2D eigenvalue weighted by Crippen LogP contribution is -2.11. The SMILES string of the molecule is CCCCCCOC(=O)CCCC(=O)OCC(Cl)Cl. The van der Waals surface area contributed by atoms with Gasteiger partial charge in [0, 0.05) is 12.8 Å². The van der Waals surface area contributed by atoms with Gasteiger partial charge in [-0.15, -0.1) is 23.2 Å². The fourth-order valence-electron chi connectivity index (χ4n) is 1.39. The van der Waals surface area contributed by atoms with Gasteiger partial charge in [0.25, 0.3) is 0 Å². The highest BCUT2D eigenvalue weighted by atomic mass is 35.5. The number of hydrogen-bond donors (Lipinski definition) is 0. The van der Waals surface area contributed by atoms with E-state index in [2.05, 4.69) is 6.92 Å². The fourth-order valence-corrected chi connectivity index (χ4v) is 1.52. The molecule has 0 saturated heterocycles. The quantitative estimate of drug-likeness (QED) is 0.332. The summed E-state index contributed by atoms with van der Waals surface area (Å²) in [7, 11) is 0. The number of rotatable bonds is 11. The van der Waals surface area contributed by atoms with Crippen LogP contribution in [-0.2, 0) is 19.1 Å². The maximum Gasteiger partial charge on any atom is 0.305 e. The highest BCUT2D eigenvalue weighted by Gasteiger charge is 2.08. The van der Waals surface area contributed by atoms with Crippen LogP contribution in [0.3, 0.4) is 0 Å². The first-order valence-electron chi connectivity index (χ1n) is 6.65. The Bertz CT molecular complexity index is 257. The van der Waals surface area contributed by atoms with Crippen LogP contribution in [0.25, 0.3) is 0 Å². The Hall–Kier alpha value is -0.480. The summed E-state index contributed by atoms with van der Waals surface area (Å²) >= 11 is 10.8. The molecule has 0 rings (SSSR count). The van der Waals surface area contributed by atoms with Crippen LogP contribution in [0, 0.1) is 0 Å². The first kappa shape index (κ1) is 18.5. The van der Waals surface area contributed by atoms with Crippen molar-refractivity contribution in [3.8, 4) is 0 Å². The lowest BCUT2D eigenvalue weighted by molar-refractivity contribution is -0.145. The molecule has 0 atom stereocenters. The van der Waals surface area contributed by atoms with Crippen LogP contribution in [0.4, 0.5) is 0 Å². The number of carbonyl (C=O) groups is 2.